The molecule has 1 N–H and O–H groups in total. The van der Waals surface area contributed by atoms with E-state index >= 15 is 0 Å². The molecule has 2 aromatic rings. The van der Waals surface area contributed by atoms with Crippen LogP contribution in [0.15, 0.2) is 48.0 Å². The number of nitrogens with one attached hydrogen (secondary N) is 1. The number of para-hydroxylation sites is 1. The molecule has 20 heavy (non-hydrogen) atoms. The molecule has 1 heterocycles. The number of hydrogen-bond acceptors (Lipinski definition) is 5. The van der Waals surface area contributed by atoms with Gasteiger partial charge >= 0.3 is 0 Å². The van der Waals surface area contributed by atoms with Crippen LogP contribution >= 0.6 is 0 Å². The third-order valence-electron chi connectivity index (χ3n) is 2.38. The molecule has 0 atom stereocenters. The number of amides is 1. The number of hydrogen-bond donors (Lipinski definition) is 1. The first kappa shape index (κ1) is 13.7. The van der Waals surface area contributed by atoms with Crippen molar-refractivity contribution in [3.05, 3.63) is 54.1 Å². The van der Waals surface area contributed by atoms with Crippen LogP contribution in [-0.2, 0) is 0 Å². The van der Waals surface area contributed by atoms with Gasteiger partial charge in [-0.1, -0.05) is 12.1 Å². The van der Waals surface area contributed by atoms with Crippen LogP contribution in [0.1, 0.15) is 23.0 Å². The minimum atomic E-state index is -0.414. The van der Waals surface area contributed by atoms with Crippen LogP contribution in [0.2, 0.25) is 0 Å². The second-order valence-corrected chi connectivity index (χ2v) is 3.76. The SMILES string of the molecule is CCOc1ccccc1/C=N/NC(=O)c1cnccn1. The predicted molar refractivity (Wildman–Crippen MR) is 74.7 cm³/mol. The predicted octanol–water partition coefficient (Wildman–Crippen LogP) is 1.64. The highest BCUT2D eigenvalue weighted by molar-refractivity contribution is 5.93. The Morgan fingerprint density at radius 3 is 3.00 bits per heavy atom. The summed E-state index contributed by atoms with van der Waals surface area (Å²) in [5.74, 6) is 0.302. The molecular weight excluding hydrogens is 256 g/mol. The zero-order chi connectivity index (χ0) is 14.2. The highest BCUT2D eigenvalue weighted by atomic mass is 16.5. The maximum atomic E-state index is 11.7. The minimum absolute atomic E-state index is 0.211. The van der Waals surface area contributed by atoms with Gasteiger partial charge in [0.15, 0.2) is 0 Å². The second kappa shape index (κ2) is 6.98. The molecule has 6 nitrogen and oxygen atoms in total. The Hall–Kier alpha value is -2.76. The molecule has 0 fully saturated rings. The topological polar surface area (TPSA) is 76.5 Å². The van der Waals surface area contributed by atoms with Gasteiger partial charge in [0.05, 0.1) is 19.0 Å². The van der Waals surface area contributed by atoms with E-state index < -0.39 is 5.91 Å². The standard InChI is InChI=1S/C14H14N4O2/c1-2-20-13-6-4-3-5-11(13)9-17-18-14(19)12-10-15-7-8-16-12/h3-10H,2H2,1H3,(H,18,19)/b17-9+. The molecule has 102 valence electrons. The van der Waals surface area contributed by atoms with Crippen molar-refractivity contribution >= 4 is 12.1 Å². The largest absolute Gasteiger partial charge is 0.493 e. The Morgan fingerprint density at radius 2 is 2.25 bits per heavy atom. The number of carbonyl (C=O) groups is 1. The Labute approximate surface area is 116 Å². The van der Waals surface area contributed by atoms with Gasteiger partial charge in [-0.3, -0.25) is 9.78 Å². The van der Waals surface area contributed by atoms with Crippen LogP contribution in [0.25, 0.3) is 0 Å². The normalized spacial score (nSPS) is 10.4. The van der Waals surface area contributed by atoms with Crippen molar-refractivity contribution in [1.29, 1.82) is 0 Å². The first-order valence-electron chi connectivity index (χ1n) is 6.12. The molecule has 2 rings (SSSR count). The van der Waals surface area contributed by atoms with E-state index in [1.807, 2.05) is 31.2 Å². The number of carbonyl (C=O) groups excluding carboxylic acids is 1. The van der Waals surface area contributed by atoms with Crippen LogP contribution < -0.4 is 10.2 Å². The van der Waals surface area contributed by atoms with Gasteiger partial charge in [-0.05, 0) is 19.1 Å². The maximum absolute atomic E-state index is 11.7. The fourth-order valence-electron chi connectivity index (χ4n) is 1.51. The summed E-state index contributed by atoms with van der Waals surface area (Å²) in [6.45, 7) is 2.47. The van der Waals surface area contributed by atoms with Gasteiger partial charge in [0.1, 0.15) is 11.4 Å². The van der Waals surface area contributed by atoms with Crippen LogP contribution in [0.4, 0.5) is 0 Å². The van der Waals surface area contributed by atoms with E-state index in [9.17, 15) is 4.79 Å². The summed E-state index contributed by atoms with van der Waals surface area (Å²) in [5, 5.41) is 3.89. The minimum Gasteiger partial charge on any atom is -0.493 e. The number of rotatable bonds is 5. The summed E-state index contributed by atoms with van der Waals surface area (Å²) in [4.78, 5) is 19.4. The lowest BCUT2D eigenvalue weighted by Gasteiger charge is -2.05. The number of ether oxygens (including phenoxy) is 1. The lowest BCUT2D eigenvalue weighted by atomic mass is 10.2. The molecule has 0 spiro atoms. The first-order chi connectivity index (χ1) is 9.81. The Balaban J connectivity index is 2.02. The number of aromatic nitrogens is 2. The molecule has 0 saturated heterocycles. The molecule has 1 amide bonds. The molecule has 1 aromatic carbocycles. The number of nitrogens with zero attached hydrogens (tertiary/aromatic N) is 3. The zero-order valence-electron chi connectivity index (χ0n) is 11.0. The van der Waals surface area contributed by atoms with Gasteiger partial charge in [-0.15, -0.1) is 0 Å². The molecule has 0 bridgehead atoms. The summed E-state index contributed by atoms with van der Waals surface area (Å²) in [5.41, 5.74) is 3.39. The monoisotopic (exact) mass is 270 g/mol. The van der Waals surface area contributed by atoms with Crippen molar-refractivity contribution in [1.82, 2.24) is 15.4 Å². The Kier molecular flexibility index (Phi) is 4.77. The summed E-state index contributed by atoms with van der Waals surface area (Å²) >= 11 is 0. The van der Waals surface area contributed by atoms with E-state index in [0.717, 1.165) is 5.56 Å². The molecule has 0 aliphatic rings. The quantitative estimate of drug-likeness (QED) is 0.662. The number of hydrazone groups is 1. The van der Waals surface area contributed by atoms with Crippen molar-refractivity contribution in [3.63, 3.8) is 0 Å². The average molecular weight is 270 g/mol. The summed E-state index contributed by atoms with van der Waals surface area (Å²) < 4.78 is 5.45. The van der Waals surface area contributed by atoms with Crippen molar-refractivity contribution in [3.8, 4) is 5.75 Å². The highest BCUT2D eigenvalue weighted by Gasteiger charge is 2.05. The fourth-order valence-corrected chi connectivity index (χ4v) is 1.51. The molecule has 6 heteroatoms. The molecule has 0 unspecified atom stereocenters. The van der Waals surface area contributed by atoms with E-state index in [0.29, 0.717) is 12.4 Å². The highest BCUT2D eigenvalue weighted by Crippen LogP contribution is 2.15. The van der Waals surface area contributed by atoms with E-state index in [1.165, 1.54) is 24.8 Å². The van der Waals surface area contributed by atoms with Gasteiger partial charge in [0, 0.05) is 18.0 Å². The third-order valence-corrected chi connectivity index (χ3v) is 2.38. The summed E-state index contributed by atoms with van der Waals surface area (Å²) in [7, 11) is 0. The first-order valence-corrected chi connectivity index (χ1v) is 6.12. The van der Waals surface area contributed by atoms with E-state index in [4.69, 9.17) is 4.74 Å². The van der Waals surface area contributed by atoms with Gasteiger partial charge in [0.25, 0.3) is 5.91 Å². The summed E-state index contributed by atoms with van der Waals surface area (Å²) in [6, 6.07) is 7.44. The van der Waals surface area contributed by atoms with Crippen LogP contribution in [0.5, 0.6) is 5.75 Å². The van der Waals surface area contributed by atoms with Crippen LogP contribution in [0.3, 0.4) is 0 Å². The summed E-state index contributed by atoms with van der Waals surface area (Å²) in [6.07, 6.45) is 5.85. The van der Waals surface area contributed by atoms with Gasteiger partial charge in [-0.2, -0.15) is 5.10 Å². The van der Waals surface area contributed by atoms with E-state index in [2.05, 4.69) is 20.5 Å². The second-order valence-electron chi connectivity index (χ2n) is 3.76. The molecule has 1 aromatic heterocycles. The van der Waals surface area contributed by atoms with Crippen LogP contribution in [0, 0.1) is 0 Å². The molecular formula is C14H14N4O2. The maximum Gasteiger partial charge on any atom is 0.291 e. The lowest BCUT2D eigenvalue weighted by Crippen LogP contribution is -2.19. The van der Waals surface area contributed by atoms with Crippen molar-refractivity contribution in [2.75, 3.05) is 6.61 Å². The van der Waals surface area contributed by atoms with Crippen LogP contribution in [-0.4, -0.2) is 28.7 Å². The van der Waals surface area contributed by atoms with Gasteiger partial charge in [-0.25, -0.2) is 10.4 Å². The Morgan fingerprint density at radius 1 is 1.40 bits per heavy atom. The zero-order valence-corrected chi connectivity index (χ0v) is 11.0. The Bertz CT molecular complexity index is 599. The van der Waals surface area contributed by atoms with Gasteiger partial charge < -0.3 is 4.74 Å². The average Bonchev–Trinajstić information content (AvgIpc) is 2.50. The molecule has 0 aliphatic carbocycles. The van der Waals surface area contributed by atoms with Gasteiger partial charge in [0.2, 0.25) is 0 Å². The van der Waals surface area contributed by atoms with Crippen molar-refractivity contribution in [2.45, 2.75) is 6.92 Å². The molecule has 0 saturated carbocycles. The van der Waals surface area contributed by atoms with Crippen molar-refractivity contribution < 1.29 is 9.53 Å². The lowest BCUT2D eigenvalue weighted by molar-refractivity contribution is 0.0949. The smallest absolute Gasteiger partial charge is 0.291 e. The fraction of sp³-hybridized carbons (Fsp3) is 0.143. The van der Waals surface area contributed by atoms with E-state index in [1.54, 1.807) is 0 Å². The third kappa shape index (κ3) is 3.61. The van der Waals surface area contributed by atoms with Crippen molar-refractivity contribution in [2.24, 2.45) is 5.10 Å². The molecule has 0 radical (unpaired) electrons. The van der Waals surface area contributed by atoms with E-state index in [-0.39, 0.29) is 5.69 Å². The molecule has 0 aliphatic heterocycles. The number of benzene rings is 1.